The fraction of sp³-hybridized carbons (Fsp3) is 0.143. The van der Waals surface area contributed by atoms with Gasteiger partial charge in [0.1, 0.15) is 0 Å². The van der Waals surface area contributed by atoms with Gasteiger partial charge >= 0.3 is 0 Å². The van der Waals surface area contributed by atoms with E-state index in [0.29, 0.717) is 0 Å². The highest BCUT2D eigenvalue weighted by atomic mass is 32.2. The highest BCUT2D eigenvalue weighted by Gasteiger charge is 2.21. The van der Waals surface area contributed by atoms with Crippen LogP contribution in [0.25, 0.3) is 0 Å². The fourth-order valence-corrected chi connectivity index (χ4v) is 4.78. The first-order valence-electron chi connectivity index (χ1n) is 8.67. The highest BCUT2D eigenvalue weighted by Crippen LogP contribution is 2.24. The maximum absolute atomic E-state index is 12.8. The molecule has 0 bridgehead atoms. The third-order valence-corrected chi connectivity index (χ3v) is 6.96. The number of nitrogens with one attached hydrogen (secondary N) is 1. The van der Waals surface area contributed by atoms with Crippen LogP contribution in [-0.2, 0) is 19.9 Å². The molecule has 3 aromatic carbocycles. The summed E-state index contributed by atoms with van der Waals surface area (Å²) >= 11 is 0. The van der Waals surface area contributed by atoms with E-state index < -0.39 is 19.9 Å². The lowest BCUT2D eigenvalue weighted by Gasteiger charge is -2.19. The molecule has 0 aliphatic rings. The molecule has 0 saturated heterocycles. The lowest BCUT2D eigenvalue weighted by molar-refractivity contribution is 0.577. The number of hydrogen-bond donors (Lipinski definition) is 1. The molecule has 0 atom stereocenters. The summed E-state index contributed by atoms with van der Waals surface area (Å²) in [6.45, 7) is 0.152. The van der Waals surface area contributed by atoms with E-state index in [9.17, 15) is 16.8 Å². The van der Waals surface area contributed by atoms with Gasteiger partial charge in [0, 0.05) is 18.7 Å². The van der Waals surface area contributed by atoms with Crippen LogP contribution in [0, 0.1) is 0 Å². The Labute approximate surface area is 166 Å². The average Bonchev–Trinajstić information content (AvgIpc) is 2.69. The normalized spacial score (nSPS) is 12.2. The third kappa shape index (κ3) is 4.86. The number of hydrogen-bond acceptors (Lipinski definition) is 4. The minimum absolute atomic E-state index is 0.0296. The summed E-state index contributed by atoms with van der Waals surface area (Å²) in [7, 11) is -7.36. The van der Waals surface area contributed by atoms with E-state index in [4.69, 9.17) is 0 Å². The van der Waals surface area contributed by atoms with Crippen LogP contribution >= 0.6 is 0 Å². The average molecular weight is 416 g/mol. The first kappa shape index (κ1) is 20.3. The van der Waals surface area contributed by atoms with E-state index in [-0.39, 0.29) is 22.3 Å². The number of benzene rings is 3. The molecule has 0 unspecified atom stereocenters. The molecule has 0 radical (unpaired) electrons. The molecule has 5 nitrogen and oxygen atoms in total. The fourth-order valence-electron chi connectivity index (χ4n) is 2.95. The Kier molecular flexibility index (Phi) is 5.98. The summed E-state index contributed by atoms with van der Waals surface area (Å²) in [6, 6.07) is 24.7. The van der Waals surface area contributed by atoms with E-state index in [2.05, 4.69) is 4.72 Å². The molecule has 0 heterocycles. The molecule has 0 aromatic heterocycles. The van der Waals surface area contributed by atoms with Gasteiger partial charge in [-0.2, -0.15) is 0 Å². The van der Waals surface area contributed by atoms with Crippen molar-refractivity contribution in [2.45, 2.75) is 15.7 Å². The molecule has 7 heteroatoms. The lowest BCUT2D eigenvalue weighted by atomic mass is 9.92. The Morgan fingerprint density at radius 2 is 1.21 bits per heavy atom. The van der Waals surface area contributed by atoms with Crippen molar-refractivity contribution in [2.24, 2.45) is 0 Å². The predicted octanol–water partition coefficient (Wildman–Crippen LogP) is 3.20. The third-order valence-electron chi connectivity index (χ3n) is 4.43. The monoisotopic (exact) mass is 415 g/mol. The summed E-state index contributed by atoms with van der Waals surface area (Å²) in [5.74, 6) is -0.171. The zero-order chi connectivity index (χ0) is 20.2. The molecule has 0 aliphatic carbocycles. The van der Waals surface area contributed by atoms with Gasteiger partial charge in [-0.3, -0.25) is 0 Å². The molecule has 3 aromatic rings. The molecule has 3 rings (SSSR count). The summed E-state index contributed by atoms with van der Waals surface area (Å²) in [6.07, 6.45) is 1.05. The number of sulfone groups is 1. The smallest absolute Gasteiger partial charge is 0.224 e. The first-order chi connectivity index (χ1) is 13.3. The Bertz CT molecular complexity index is 1100. The SMILES string of the molecule is CS(=O)(=O)c1cccc(S(=O)(=O)NCC(c2ccccc2)c2ccccc2)c1. The molecule has 0 fully saturated rings. The summed E-state index contributed by atoms with van der Waals surface area (Å²) in [5, 5.41) is 0. The van der Waals surface area contributed by atoms with Gasteiger partial charge in [0.15, 0.2) is 9.84 Å². The van der Waals surface area contributed by atoms with Gasteiger partial charge in [0.2, 0.25) is 10.0 Å². The molecule has 1 N–H and O–H groups in total. The maximum atomic E-state index is 12.8. The van der Waals surface area contributed by atoms with Crippen LogP contribution in [0.3, 0.4) is 0 Å². The Hall–Kier alpha value is -2.48. The van der Waals surface area contributed by atoms with Crippen molar-refractivity contribution in [3.8, 4) is 0 Å². The van der Waals surface area contributed by atoms with Crippen LogP contribution in [0.15, 0.2) is 94.7 Å². The quantitative estimate of drug-likeness (QED) is 0.643. The first-order valence-corrected chi connectivity index (χ1v) is 12.0. The second-order valence-electron chi connectivity index (χ2n) is 6.47. The topological polar surface area (TPSA) is 80.3 Å². The molecular weight excluding hydrogens is 394 g/mol. The van der Waals surface area contributed by atoms with Crippen molar-refractivity contribution in [1.82, 2.24) is 4.72 Å². The Balaban J connectivity index is 1.89. The highest BCUT2D eigenvalue weighted by molar-refractivity contribution is 7.91. The van der Waals surface area contributed by atoms with Gasteiger partial charge in [-0.1, -0.05) is 66.7 Å². The Morgan fingerprint density at radius 1 is 0.714 bits per heavy atom. The van der Waals surface area contributed by atoms with Crippen molar-refractivity contribution >= 4 is 19.9 Å². The lowest BCUT2D eigenvalue weighted by Crippen LogP contribution is -2.29. The van der Waals surface area contributed by atoms with Gasteiger partial charge in [-0.25, -0.2) is 21.6 Å². The molecule has 0 amide bonds. The van der Waals surface area contributed by atoms with Crippen LogP contribution in [0.4, 0.5) is 0 Å². The zero-order valence-corrected chi connectivity index (χ0v) is 16.9. The van der Waals surface area contributed by atoms with Crippen molar-refractivity contribution in [2.75, 3.05) is 12.8 Å². The van der Waals surface area contributed by atoms with E-state index in [0.717, 1.165) is 17.4 Å². The van der Waals surface area contributed by atoms with Crippen LogP contribution in [0.2, 0.25) is 0 Å². The van der Waals surface area contributed by atoms with Gasteiger partial charge in [0.25, 0.3) is 0 Å². The van der Waals surface area contributed by atoms with Gasteiger partial charge in [0.05, 0.1) is 9.79 Å². The predicted molar refractivity (Wildman–Crippen MR) is 109 cm³/mol. The second kappa shape index (κ2) is 8.26. The summed E-state index contributed by atoms with van der Waals surface area (Å²) in [4.78, 5) is -0.103. The van der Waals surface area contributed by atoms with Crippen LogP contribution in [0.5, 0.6) is 0 Å². The van der Waals surface area contributed by atoms with Crippen LogP contribution in [0.1, 0.15) is 17.0 Å². The summed E-state index contributed by atoms with van der Waals surface area (Å²) < 4.78 is 51.6. The number of sulfonamides is 1. The largest absolute Gasteiger partial charge is 0.240 e. The molecular formula is C21H21NO4S2. The van der Waals surface area contributed by atoms with Gasteiger partial charge in [-0.15, -0.1) is 0 Å². The van der Waals surface area contributed by atoms with Gasteiger partial charge < -0.3 is 0 Å². The molecule has 0 spiro atoms. The standard InChI is InChI=1S/C21H21NO4S2/c1-27(23,24)19-13-8-14-20(15-19)28(25,26)22-16-21(17-9-4-2-5-10-17)18-11-6-3-7-12-18/h2-15,21-22H,16H2,1H3. The molecule has 0 saturated carbocycles. The molecule has 0 aliphatic heterocycles. The zero-order valence-electron chi connectivity index (χ0n) is 15.3. The van der Waals surface area contributed by atoms with E-state index >= 15 is 0 Å². The number of rotatable bonds is 7. The van der Waals surface area contributed by atoms with Gasteiger partial charge in [-0.05, 0) is 29.3 Å². The minimum Gasteiger partial charge on any atom is -0.224 e. The van der Waals surface area contributed by atoms with E-state index in [1.807, 2.05) is 60.7 Å². The molecule has 146 valence electrons. The van der Waals surface area contributed by atoms with Crippen molar-refractivity contribution in [3.63, 3.8) is 0 Å². The van der Waals surface area contributed by atoms with E-state index in [1.54, 1.807) is 0 Å². The minimum atomic E-state index is -3.87. The summed E-state index contributed by atoms with van der Waals surface area (Å²) in [5.41, 5.74) is 1.97. The second-order valence-corrected chi connectivity index (χ2v) is 10.3. The Morgan fingerprint density at radius 3 is 1.71 bits per heavy atom. The maximum Gasteiger partial charge on any atom is 0.240 e. The van der Waals surface area contributed by atoms with Crippen molar-refractivity contribution in [3.05, 3.63) is 96.1 Å². The van der Waals surface area contributed by atoms with Crippen molar-refractivity contribution < 1.29 is 16.8 Å². The van der Waals surface area contributed by atoms with Crippen LogP contribution in [-0.4, -0.2) is 29.6 Å². The van der Waals surface area contributed by atoms with Crippen LogP contribution < -0.4 is 4.72 Å². The van der Waals surface area contributed by atoms with Crippen molar-refractivity contribution in [1.29, 1.82) is 0 Å². The van der Waals surface area contributed by atoms with E-state index in [1.165, 1.54) is 24.3 Å². The molecule has 28 heavy (non-hydrogen) atoms.